The first-order chi connectivity index (χ1) is 7.27. The van der Waals surface area contributed by atoms with Crippen LogP contribution in [0.25, 0.3) is 0 Å². The molecule has 0 aromatic carbocycles. The first-order valence-electron chi connectivity index (χ1n) is 4.34. The maximum atomic E-state index is 12.3. The molecule has 1 rings (SSSR count). The average molecular weight is 236 g/mol. The van der Waals surface area contributed by atoms with Crippen LogP contribution in [0.5, 0.6) is 0 Å². The molecule has 0 spiro atoms. The van der Waals surface area contributed by atoms with Gasteiger partial charge in [-0.25, -0.2) is 4.79 Å². The van der Waals surface area contributed by atoms with Gasteiger partial charge in [0.05, 0.1) is 7.11 Å². The number of halogens is 3. The summed E-state index contributed by atoms with van der Waals surface area (Å²) in [6, 6.07) is -1.03. The van der Waals surface area contributed by atoms with Gasteiger partial charge in [-0.1, -0.05) is 0 Å². The van der Waals surface area contributed by atoms with Crippen LogP contribution in [0.2, 0.25) is 0 Å². The lowest BCUT2D eigenvalue weighted by Gasteiger charge is -2.13. The number of ether oxygens (including phenoxy) is 1. The molecule has 0 saturated carbocycles. The quantitative estimate of drug-likeness (QED) is 0.789. The lowest BCUT2D eigenvalue weighted by Crippen LogP contribution is -2.28. The highest BCUT2D eigenvalue weighted by Gasteiger charge is 2.38. The van der Waals surface area contributed by atoms with E-state index in [4.69, 9.17) is 5.73 Å². The third-order valence-corrected chi connectivity index (χ3v) is 2.13. The molecule has 0 aliphatic carbocycles. The Balaban J connectivity index is 3.06. The van der Waals surface area contributed by atoms with E-state index in [0.29, 0.717) is 0 Å². The first-order valence-corrected chi connectivity index (χ1v) is 4.34. The van der Waals surface area contributed by atoms with Crippen molar-refractivity contribution in [3.8, 4) is 0 Å². The van der Waals surface area contributed by atoms with Gasteiger partial charge in [-0.15, -0.1) is 0 Å². The normalized spacial score (nSPS) is 13.6. The first kappa shape index (κ1) is 12.6. The van der Waals surface area contributed by atoms with Crippen LogP contribution in [0.3, 0.4) is 0 Å². The maximum Gasteiger partial charge on any atom is 0.407 e. The van der Waals surface area contributed by atoms with E-state index in [1.54, 1.807) is 0 Å². The summed E-state index contributed by atoms with van der Waals surface area (Å²) >= 11 is 0. The molecule has 90 valence electrons. The standard InChI is InChI=1S/C9H11F3N2O2/c1-14-4-5(7(13)9(10,11)12)3-6(14)8(15)16-2/h3-4,7H,13H2,1-2H3. The van der Waals surface area contributed by atoms with Crippen LogP contribution in [-0.4, -0.2) is 23.8 Å². The second-order valence-corrected chi connectivity index (χ2v) is 3.28. The molecule has 0 aliphatic heterocycles. The Kier molecular flexibility index (Phi) is 3.27. The van der Waals surface area contributed by atoms with Crippen molar-refractivity contribution in [2.24, 2.45) is 12.8 Å². The summed E-state index contributed by atoms with van der Waals surface area (Å²) in [4.78, 5) is 11.2. The fraction of sp³-hybridized carbons (Fsp3) is 0.444. The van der Waals surface area contributed by atoms with Crippen molar-refractivity contribution in [3.63, 3.8) is 0 Å². The van der Waals surface area contributed by atoms with E-state index in [1.165, 1.54) is 11.6 Å². The number of nitrogens with zero attached hydrogens (tertiary/aromatic N) is 1. The van der Waals surface area contributed by atoms with Crippen molar-refractivity contribution in [3.05, 3.63) is 23.5 Å². The third kappa shape index (κ3) is 2.35. The number of aromatic nitrogens is 1. The number of alkyl halides is 3. The summed E-state index contributed by atoms with van der Waals surface area (Å²) in [6.07, 6.45) is -3.38. The van der Waals surface area contributed by atoms with Gasteiger partial charge >= 0.3 is 12.1 Å². The van der Waals surface area contributed by atoms with Crippen LogP contribution in [0.15, 0.2) is 12.3 Å². The zero-order valence-electron chi connectivity index (χ0n) is 8.71. The molecule has 2 N–H and O–H groups in total. The van der Waals surface area contributed by atoms with Crippen LogP contribution in [0.1, 0.15) is 22.1 Å². The number of carbonyl (C=O) groups excluding carboxylic acids is 1. The number of nitrogens with two attached hydrogens (primary N) is 1. The summed E-state index contributed by atoms with van der Waals surface area (Å²) < 4.78 is 42.6. The molecule has 1 aromatic rings. The second kappa shape index (κ2) is 4.17. The van der Waals surface area contributed by atoms with Crippen molar-refractivity contribution < 1.29 is 22.7 Å². The number of aryl methyl sites for hydroxylation is 1. The van der Waals surface area contributed by atoms with Crippen LogP contribution < -0.4 is 5.73 Å². The monoisotopic (exact) mass is 236 g/mol. The smallest absolute Gasteiger partial charge is 0.407 e. The van der Waals surface area contributed by atoms with Gasteiger partial charge in [-0.2, -0.15) is 13.2 Å². The minimum absolute atomic E-state index is 0.0252. The van der Waals surface area contributed by atoms with Gasteiger partial charge < -0.3 is 15.0 Å². The van der Waals surface area contributed by atoms with Crippen LogP contribution >= 0.6 is 0 Å². The molecule has 16 heavy (non-hydrogen) atoms. The molecule has 1 atom stereocenters. The molecule has 1 aromatic heterocycles. The molecule has 0 radical (unpaired) electrons. The molecule has 1 unspecified atom stereocenters. The van der Waals surface area contributed by atoms with Crippen LogP contribution in [0.4, 0.5) is 13.2 Å². The highest BCUT2D eigenvalue weighted by Crippen LogP contribution is 2.31. The Labute approximate surface area is 89.8 Å². The van der Waals surface area contributed by atoms with Crippen molar-refractivity contribution in [2.45, 2.75) is 12.2 Å². The number of hydrogen-bond donors (Lipinski definition) is 1. The van der Waals surface area contributed by atoms with E-state index in [1.807, 2.05) is 0 Å². The van der Waals surface area contributed by atoms with Gasteiger partial charge in [0.15, 0.2) is 0 Å². The zero-order valence-corrected chi connectivity index (χ0v) is 8.71. The van der Waals surface area contributed by atoms with Crippen molar-refractivity contribution >= 4 is 5.97 Å². The van der Waals surface area contributed by atoms with E-state index >= 15 is 0 Å². The molecule has 7 heteroatoms. The summed E-state index contributed by atoms with van der Waals surface area (Å²) in [6.45, 7) is 0. The van der Waals surface area contributed by atoms with E-state index < -0.39 is 18.2 Å². The van der Waals surface area contributed by atoms with E-state index in [0.717, 1.165) is 19.4 Å². The summed E-state index contributed by atoms with van der Waals surface area (Å²) in [5.41, 5.74) is 4.86. The molecule has 1 heterocycles. The summed E-state index contributed by atoms with van der Waals surface area (Å²) in [7, 11) is 2.59. The predicted octanol–water partition coefficient (Wildman–Crippen LogP) is 1.37. The Bertz CT molecular complexity index is 398. The SMILES string of the molecule is COC(=O)c1cc(C(N)C(F)(F)F)cn1C. The highest BCUT2D eigenvalue weighted by atomic mass is 19.4. The molecule has 0 aliphatic rings. The number of methoxy groups -OCH3 is 1. The Morgan fingerprint density at radius 1 is 1.56 bits per heavy atom. The number of esters is 1. The van der Waals surface area contributed by atoms with E-state index in [9.17, 15) is 18.0 Å². The van der Waals surface area contributed by atoms with E-state index in [-0.39, 0.29) is 11.3 Å². The largest absolute Gasteiger partial charge is 0.464 e. The lowest BCUT2D eigenvalue weighted by atomic mass is 10.1. The Morgan fingerprint density at radius 2 is 2.12 bits per heavy atom. The fourth-order valence-electron chi connectivity index (χ4n) is 1.26. The fourth-order valence-corrected chi connectivity index (χ4v) is 1.26. The topological polar surface area (TPSA) is 57.2 Å². The minimum atomic E-state index is -4.53. The van der Waals surface area contributed by atoms with Crippen LogP contribution in [-0.2, 0) is 11.8 Å². The molecule has 0 saturated heterocycles. The zero-order chi connectivity index (χ0) is 12.5. The van der Waals surface area contributed by atoms with Gasteiger partial charge in [0.2, 0.25) is 0 Å². The number of hydrogen-bond acceptors (Lipinski definition) is 3. The van der Waals surface area contributed by atoms with Gasteiger partial charge in [0, 0.05) is 13.2 Å². The van der Waals surface area contributed by atoms with Gasteiger partial charge in [0.1, 0.15) is 11.7 Å². The van der Waals surface area contributed by atoms with Crippen molar-refractivity contribution in [1.82, 2.24) is 4.57 Å². The summed E-state index contributed by atoms with van der Waals surface area (Å²) in [5, 5.41) is 0. The second-order valence-electron chi connectivity index (χ2n) is 3.28. The molecule has 0 amide bonds. The van der Waals surface area contributed by atoms with Gasteiger partial charge in [-0.3, -0.25) is 0 Å². The van der Waals surface area contributed by atoms with E-state index in [2.05, 4.69) is 4.74 Å². The highest BCUT2D eigenvalue weighted by molar-refractivity contribution is 5.87. The summed E-state index contributed by atoms with van der Waals surface area (Å²) in [5.74, 6) is -0.705. The number of rotatable bonds is 2. The van der Waals surface area contributed by atoms with Crippen molar-refractivity contribution in [2.75, 3.05) is 7.11 Å². The molecule has 0 bridgehead atoms. The predicted molar refractivity (Wildman–Crippen MR) is 49.7 cm³/mol. The Hall–Kier alpha value is -1.50. The molecular formula is C9H11F3N2O2. The number of carbonyl (C=O) groups is 1. The van der Waals surface area contributed by atoms with Crippen LogP contribution in [0, 0.1) is 0 Å². The molecule has 0 fully saturated rings. The van der Waals surface area contributed by atoms with Gasteiger partial charge in [0.25, 0.3) is 0 Å². The molecular weight excluding hydrogens is 225 g/mol. The average Bonchev–Trinajstić information content (AvgIpc) is 2.56. The minimum Gasteiger partial charge on any atom is -0.464 e. The van der Waals surface area contributed by atoms with Crippen molar-refractivity contribution in [1.29, 1.82) is 0 Å². The third-order valence-electron chi connectivity index (χ3n) is 2.13. The maximum absolute atomic E-state index is 12.3. The van der Waals surface area contributed by atoms with Gasteiger partial charge in [-0.05, 0) is 11.6 Å². The lowest BCUT2D eigenvalue weighted by molar-refractivity contribution is -0.149. The Morgan fingerprint density at radius 3 is 2.56 bits per heavy atom. The molecule has 4 nitrogen and oxygen atoms in total.